The lowest BCUT2D eigenvalue weighted by atomic mass is 10.0. The normalized spacial score (nSPS) is 10.5. The molecule has 0 spiro atoms. The molecular formula is C13H20O2. The van der Waals surface area contributed by atoms with E-state index in [0.717, 1.165) is 36.8 Å². The summed E-state index contributed by atoms with van der Waals surface area (Å²) in [7, 11) is 0. The molecule has 2 heteroatoms. The van der Waals surface area contributed by atoms with E-state index >= 15 is 0 Å². The Hall–Kier alpha value is -1.18. The van der Waals surface area contributed by atoms with Gasteiger partial charge in [0.15, 0.2) is 11.5 Å². The van der Waals surface area contributed by atoms with Crippen LogP contribution in [-0.2, 0) is 12.8 Å². The molecular weight excluding hydrogens is 188 g/mol. The molecule has 1 aromatic carbocycles. The van der Waals surface area contributed by atoms with Crippen LogP contribution >= 0.6 is 0 Å². The highest BCUT2D eigenvalue weighted by atomic mass is 16.3. The highest BCUT2D eigenvalue weighted by Crippen LogP contribution is 2.33. The van der Waals surface area contributed by atoms with Gasteiger partial charge in [-0.15, -0.1) is 0 Å². The molecule has 2 nitrogen and oxygen atoms in total. The molecule has 0 atom stereocenters. The third kappa shape index (κ3) is 2.88. The summed E-state index contributed by atoms with van der Waals surface area (Å²) in [5, 5.41) is 19.4. The molecule has 0 radical (unpaired) electrons. The molecule has 0 heterocycles. The van der Waals surface area contributed by atoms with E-state index in [1.807, 2.05) is 19.1 Å². The summed E-state index contributed by atoms with van der Waals surface area (Å²) in [4.78, 5) is 0. The summed E-state index contributed by atoms with van der Waals surface area (Å²) < 4.78 is 0. The lowest BCUT2D eigenvalue weighted by Crippen LogP contribution is -1.90. The van der Waals surface area contributed by atoms with E-state index in [1.165, 1.54) is 6.42 Å². The Balaban J connectivity index is 2.77. The molecule has 0 saturated carbocycles. The van der Waals surface area contributed by atoms with Crippen molar-refractivity contribution in [2.24, 2.45) is 0 Å². The SMILES string of the molecule is CCCCCc1ccc(CC)c(O)c1O. The summed E-state index contributed by atoms with van der Waals surface area (Å²) in [5.74, 6) is 0.136. The molecule has 0 fully saturated rings. The molecule has 0 aliphatic rings. The van der Waals surface area contributed by atoms with Gasteiger partial charge < -0.3 is 10.2 Å². The quantitative estimate of drug-likeness (QED) is 0.575. The summed E-state index contributed by atoms with van der Waals surface area (Å²) in [5.41, 5.74) is 1.67. The minimum atomic E-state index is 0.0616. The van der Waals surface area contributed by atoms with Crippen molar-refractivity contribution in [1.29, 1.82) is 0 Å². The molecule has 0 aliphatic heterocycles. The van der Waals surface area contributed by atoms with Crippen LogP contribution in [0, 0.1) is 0 Å². The third-order valence-electron chi connectivity index (χ3n) is 2.75. The molecule has 84 valence electrons. The molecule has 0 unspecified atom stereocenters. The van der Waals surface area contributed by atoms with Gasteiger partial charge in [0, 0.05) is 0 Å². The van der Waals surface area contributed by atoms with Crippen LogP contribution in [0.25, 0.3) is 0 Å². The van der Waals surface area contributed by atoms with Gasteiger partial charge in [-0.2, -0.15) is 0 Å². The van der Waals surface area contributed by atoms with E-state index < -0.39 is 0 Å². The van der Waals surface area contributed by atoms with Crippen molar-refractivity contribution in [3.8, 4) is 11.5 Å². The minimum Gasteiger partial charge on any atom is -0.504 e. The summed E-state index contributed by atoms with van der Waals surface area (Å²) in [6.07, 6.45) is 4.98. The standard InChI is InChI=1S/C13H20O2/c1-3-5-6-7-11-9-8-10(4-2)12(14)13(11)15/h8-9,14-15H,3-7H2,1-2H3. The first-order chi connectivity index (χ1) is 7.20. The zero-order chi connectivity index (χ0) is 11.3. The van der Waals surface area contributed by atoms with Crippen molar-refractivity contribution in [3.05, 3.63) is 23.3 Å². The highest BCUT2D eigenvalue weighted by Gasteiger charge is 2.09. The van der Waals surface area contributed by atoms with Gasteiger partial charge in [0.1, 0.15) is 0 Å². The summed E-state index contributed by atoms with van der Waals surface area (Å²) >= 11 is 0. The van der Waals surface area contributed by atoms with Crippen LogP contribution in [0.15, 0.2) is 12.1 Å². The van der Waals surface area contributed by atoms with E-state index in [2.05, 4.69) is 6.92 Å². The van der Waals surface area contributed by atoms with E-state index in [4.69, 9.17) is 0 Å². The van der Waals surface area contributed by atoms with E-state index in [1.54, 1.807) is 0 Å². The predicted octanol–water partition coefficient (Wildman–Crippen LogP) is 3.39. The fourth-order valence-corrected chi connectivity index (χ4v) is 1.72. The Morgan fingerprint density at radius 1 is 0.933 bits per heavy atom. The molecule has 0 aromatic heterocycles. The number of aryl methyl sites for hydroxylation is 2. The average molecular weight is 208 g/mol. The Morgan fingerprint density at radius 2 is 1.53 bits per heavy atom. The Bertz CT molecular complexity index is 319. The smallest absolute Gasteiger partial charge is 0.160 e. The minimum absolute atomic E-state index is 0.0616. The number of hydrogen-bond acceptors (Lipinski definition) is 2. The number of rotatable bonds is 5. The summed E-state index contributed by atoms with van der Waals surface area (Å²) in [6.45, 7) is 4.11. The Kier molecular flexibility index (Phi) is 4.47. The van der Waals surface area contributed by atoms with Gasteiger partial charge in [0.2, 0.25) is 0 Å². The van der Waals surface area contributed by atoms with E-state index in [0.29, 0.717) is 0 Å². The lowest BCUT2D eigenvalue weighted by Gasteiger charge is -2.09. The highest BCUT2D eigenvalue weighted by molar-refractivity contribution is 5.50. The van der Waals surface area contributed by atoms with Crippen LogP contribution in [0.2, 0.25) is 0 Å². The van der Waals surface area contributed by atoms with Crippen molar-refractivity contribution < 1.29 is 10.2 Å². The first-order valence-electron chi connectivity index (χ1n) is 5.73. The fraction of sp³-hybridized carbons (Fsp3) is 0.538. The zero-order valence-electron chi connectivity index (χ0n) is 9.58. The third-order valence-corrected chi connectivity index (χ3v) is 2.75. The topological polar surface area (TPSA) is 40.5 Å². The van der Waals surface area contributed by atoms with Crippen LogP contribution in [0.4, 0.5) is 0 Å². The molecule has 15 heavy (non-hydrogen) atoms. The number of unbranched alkanes of at least 4 members (excludes halogenated alkanes) is 2. The first-order valence-corrected chi connectivity index (χ1v) is 5.73. The predicted molar refractivity (Wildman–Crippen MR) is 62.4 cm³/mol. The molecule has 0 saturated heterocycles. The van der Waals surface area contributed by atoms with Crippen LogP contribution in [0.3, 0.4) is 0 Å². The van der Waals surface area contributed by atoms with E-state index in [-0.39, 0.29) is 11.5 Å². The van der Waals surface area contributed by atoms with Gasteiger partial charge in [0.05, 0.1) is 0 Å². The van der Waals surface area contributed by atoms with Crippen molar-refractivity contribution in [1.82, 2.24) is 0 Å². The fourth-order valence-electron chi connectivity index (χ4n) is 1.72. The number of hydrogen-bond donors (Lipinski definition) is 2. The van der Waals surface area contributed by atoms with Crippen molar-refractivity contribution in [3.63, 3.8) is 0 Å². The van der Waals surface area contributed by atoms with Crippen molar-refractivity contribution >= 4 is 0 Å². The molecule has 1 rings (SSSR count). The van der Waals surface area contributed by atoms with Gasteiger partial charge in [0.25, 0.3) is 0 Å². The van der Waals surface area contributed by atoms with Crippen molar-refractivity contribution in [2.75, 3.05) is 0 Å². The molecule has 0 amide bonds. The second-order valence-corrected chi connectivity index (χ2v) is 3.89. The number of phenolic OH excluding ortho intramolecular Hbond substituents is 2. The maximum Gasteiger partial charge on any atom is 0.160 e. The van der Waals surface area contributed by atoms with Gasteiger partial charge in [-0.25, -0.2) is 0 Å². The van der Waals surface area contributed by atoms with Crippen LogP contribution < -0.4 is 0 Å². The van der Waals surface area contributed by atoms with Crippen LogP contribution in [0.5, 0.6) is 11.5 Å². The zero-order valence-corrected chi connectivity index (χ0v) is 9.58. The van der Waals surface area contributed by atoms with Crippen LogP contribution in [0.1, 0.15) is 44.2 Å². The average Bonchev–Trinajstić information content (AvgIpc) is 2.25. The monoisotopic (exact) mass is 208 g/mol. The van der Waals surface area contributed by atoms with Gasteiger partial charge in [-0.05, 0) is 30.4 Å². The Labute approximate surface area is 91.6 Å². The second kappa shape index (κ2) is 5.64. The molecule has 0 aliphatic carbocycles. The van der Waals surface area contributed by atoms with Gasteiger partial charge in [-0.1, -0.05) is 38.8 Å². The van der Waals surface area contributed by atoms with Crippen molar-refractivity contribution in [2.45, 2.75) is 46.0 Å². The van der Waals surface area contributed by atoms with Crippen LogP contribution in [-0.4, -0.2) is 10.2 Å². The Morgan fingerprint density at radius 3 is 2.13 bits per heavy atom. The second-order valence-electron chi connectivity index (χ2n) is 3.89. The maximum absolute atomic E-state index is 9.76. The largest absolute Gasteiger partial charge is 0.504 e. The molecule has 2 N–H and O–H groups in total. The maximum atomic E-state index is 9.76. The van der Waals surface area contributed by atoms with Gasteiger partial charge >= 0.3 is 0 Å². The number of aromatic hydroxyl groups is 2. The van der Waals surface area contributed by atoms with Gasteiger partial charge in [-0.3, -0.25) is 0 Å². The number of phenols is 2. The first kappa shape index (κ1) is 11.9. The molecule has 1 aromatic rings. The number of benzene rings is 1. The molecule has 0 bridgehead atoms. The summed E-state index contributed by atoms with van der Waals surface area (Å²) in [6, 6.07) is 3.82. The van der Waals surface area contributed by atoms with E-state index in [9.17, 15) is 10.2 Å². The lowest BCUT2D eigenvalue weighted by molar-refractivity contribution is 0.395.